The highest BCUT2D eigenvalue weighted by molar-refractivity contribution is 5.86. The molecule has 1 amide bonds. The van der Waals surface area contributed by atoms with Gasteiger partial charge in [0.15, 0.2) is 0 Å². The Morgan fingerprint density at radius 3 is 2.50 bits per heavy atom. The van der Waals surface area contributed by atoms with Gasteiger partial charge in [-0.05, 0) is 18.3 Å². The van der Waals surface area contributed by atoms with E-state index in [1.165, 1.54) is 0 Å². The summed E-state index contributed by atoms with van der Waals surface area (Å²) < 4.78 is 0. The predicted molar refractivity (Wildman–Crippen MR) is 52.8 cm³/mol. The minimum atomic E-state index is -1.15. The number of aliphatic carboxylic acids is 1. The first-order chi connectivity index (χ1) is 7.65. The van der Waals surface area contributed by atoms with Crippen LogP contribution in [0.1, 0.15) is 6.42 Å². The maximum Gasteiger partial charge on any atom is 0.224 e. The summed E-state index contributed by atoms with van der Waals surface area (Å²) in [5.74, 6) is -2.76. The van der Waals surface area contributed by atoms with Gasteiger partial charge in [0.25, 0.3) is 0 Å². The van der Waals surface area contributed by atoms with Crippen LogP contribution in [-0.4, -0.2) is 30.1 Å². The highest BCUT2D eigenvalue weighted by Gasteiger charge is 2.48. The number of fused-ring (bicyclic) bond motifs is 2. The molecule has 16 heavy (non-hydrogen) atoms. The molecular formula is C11H14NO4-. The van der Waals surface area contributed by atoms with E-state index in [9.17, 15) is 14.7 Å². The molecule has 2 aliphatic rings. The average molecular weight is 224 g/mol. The molecule has 1 saturated carbocycles. The molecule has 1 fully saturated rings. The van der Waals surface area contributed by atoms with Crippen LogP contribution >= 0.6 is 0 Å². The minimum absolute atomic E-state index is 0.00610. The van der Waals surface area contributed by atoms with Gasteiger partial charge in [0.1, 0.15) is 0 Å². The Labute approximate surface area is 93.1 Å². The molecule has 0 aromatic carbocycles. The van der Waals surface area contributed by atoms with E-state index in [1.54, 1.807) is 0 Å². The van der Waals surface area contributed by atoms with E-state index in [2.05, 4.69) is 5.32 Å². The molecular weight excluding hydrogens is 210 g/mol. The van der Waals surface area contributed by atoms with Crippen molar-refractivity contribution in [3.63, 3.8) is 0 Å². The molecule has 5 nitrogen and oxygen atoms in total. The third kappa shape index (κ3) is 1.71. The molecule has 5 heteroatoms. The van der Waals surface area contributed by atoms with Crippen molar-refractivity contribution < 1.29 is 19.8 Å². The molecule has 0 heterocycles. The van der Waals surface area contributed by atoms with Crippen molar-refractivity contribution in [3.05, 3.63) is 12.2 Å². The summed E-state index contributed by atoms with van der Waals surface area (Å²) in [6, 6.07) is 0. The van der Waals surface area contributed by atoms with Gasteiger partial charge in [-0.2, -0.15) is 0 Å². The Morgan fingerprint density at radius 2 is 1.94 bits per heavy atom. The van der Waals surface area contributed by atoms with Crippen LogP contribution < -0.4 is 10.4 Å². The van der Waals surface area contributed by atoms with Crippen LogP contribution in [0, 0.1) is 23.7 Å². The number of nitrogens with one attached hydrogen (secondary N) is 1. The third-order valence-corrected chi connectivity index (χ3v) is 3.45. The van der Waals surface area contributed by atoms with Crippen LogP contribution in [-0.2, 0) is 9.59 Å². The normalized spacial score (nSPS) is 35.3. The highest BCUT2D eigenvalue weighted by Crippen LogP contribution is 2.47. The van der Waals surface area contributed by atoms with E-state index in [1.807, 2.05) is 12.2 Å². The minimum Gasteiger partial charge on any atom is -0.550 e. The molecule has 0 spiro atoms. The standard InChI is InChI=1S/C11H15NO4/c13-4-3-12-10(14)8-6-1-2-7(5-6)9(8)11(15)16/h1-2,6-9,13H,3-5H2,(H,12,14)(H,15,16)/p-1/t6-,7+,8+,9+/m0/s1. The van der Waals surface area contributed by atoms with Crippen LogP contribution in [0.4, 0.5) is 0 Å². The Morgan fingerprint density at radius 1 is 1.31 bits per heavy atom. The fourth-order valence-corrected chi connectivity index (χ4v) is 2.80. The van der Waals surface area contributed by atoms with Crippen molar-refractivity contribution in [1.82, 2.24) is 5.32 Å². The molecule has 4 atom stereocenters. The zero-order chi connectivity index (χ0) is 11.7. The molecule has 2 bridgehead atoms. The predicted octanol–water partition coefficient (Wildman–Crippen LogP) is -1.72. The maximum atomic E-state index is 11.8. The highest BCUT2D eigenvalue weighted by atomic mass is 16.4. The number of aliphatic hydroxyl groups excluding tert-OH is 1. The Kier molecular flexibility index (Phi) is 2.96. The van der Waals surface area contributed by atoms with Gasteiger partial charge in [-0.3, -0.25) is 4.79 Å². The summed E-state index contributed by atoms with van der Waals surface area (Å²) in [6.45, 7) is 0.0224. The van der Waals surface area contributed by atoms with Gasteiger partial charge < -0.3 is 20.3 Å². The van der Waals surface area contributed by atoms with Crippen molar-refractivity contribution in [2.24, 2.45) is 23.7 Å². The smallest absolute Gasteiger partial charge is 0.224 e. The lowest BCUT2D eigenvalue weighted by molar-refractivity contribution is -0.313. The van der Waals surface area contributed by atoms with Gasteiger partial charge in [0, 0.05) is 18.4 Å². The number of carboxylic acid groups (broad SMARTS) is 1. The lowest BCUT2D eigenvalue weighted by Crippen LogP contribution is -2.45. The van der Waals surface area contributed by atoms with Crippen molar-refractivity contribution in [1.29, 1.82) is 0 Å². The zero-order valence-corrected chi connectivity index (χ0v) is 8.76. The topological polar surface area (TPSA) is 89.5 Å². The fraction of sp³-hybridized carbons (Fsp3) is 0.636. The molecule has 0 radical (unpaired) electrons. The van der Waals surface area contributed by atoms with Crippen molar-refractivity contribution in [2.45, 2.75) is 6.42 Å². The molecule has 0 aromatic rings. The van der Waals surface area contributed by atoms with Crippen molar-refractivity contribution in [2.75, 3.05) is 13.2 Å². The van der Waals surface area contributed by atoms with Crippen LogP contribution in [0.3, 0.4) is 0 Å². The largest absolute Gasteiger partial charge is 0.550 e. The number of carbonyl (C=O) groups excluding carboxylic acids is 2. The van der Waals surface area contributed by atoms with E-state index in [0.29, 0.717) is 0 Å². The van der Waals surface area contributed by atoms with Gasteiger partial charge in [-0.1, -0.05) is 12.2 Å². The lowest BCUT2D eigenvalue weighted by atomic mass is 9.82. The van der Waals surface area contributed by atoms with Crippen molar-refractivity contribution >= 4 is 11.9 Å². The number of hydrogen-bond acceptors (Lipinski definition) is 4. The van der Waals surface area contributed by atoms with Crippen LogP contribution in [0.25, 0.3) is 0 Å². The number of carboxylic acids is 1. The van der Waals surface area contributed by atoms with E-state index in [-0.39, 0.29) is 30.9 Å². The zero-order valence-electron chi connectivity index (χ0n) is 8.76. The van der Waals surface area contributed by atoms with Gasteiger partial charge in [0.05, 0.1) is 12.5 Å². The second kappa shape index (κ2) is 4.25. The van der Waals surface area contributed by atoms with Crippen LogP contribution in [0.2, 0.25) is 0 Å². The molecule has 88 valence electrons. The summed E-state index contributed by atoms with van der Waals surface area (Å²) in [5, 5.41) is 22.1. The summed E-state index contributed by atoms with van der Waals surface area (Å²) in [5.41, 5.74) is 0. The van der Waals surface area contributed by atoms with Gasteiger partial charge >= 0.3 is 0 Å². The number of amides is 1. The third-order valence-electron chi connectivity index (χ3n) is 3.45. The number of hydrogen-bond donors (Lipinski definition) is 2. The van der Waals surface area contributed by atoms with E-state index in [4.69, 9.17) is 5.11 Å². The maximum absolute atomic E-state index is 11.8. The monoisotopic (exact) mass is 224 g/mol. The molecule has 2 rings (SSSR count). The number of aliphatic hydroxyl groups is 1. The summed E-state index contributed by atoms with van der Waals surface area (Å²) in [4.78, 5) is 22.8. The molecule has 0 aliphatic heterocycles. The second-order valence-corrected chi connectivity index (χ2v) is 4.33. The molecule has 0 aromatic heterocycles. The summed E-state index contributed by atoms with van der Waals surface area (Å²) in [6.07, 6.45) is 4.49. The Hall–Kier alpha value is -1.36. The van der Waals surface area contributed by atoms with Gasteiger partial charge in [-0.25, -0.2) is 0 Å². The quantitative estimate of drug-likeness (QED) is 0.556. The van der Waals surface area contributed by atoms with E-state index >= 15 is 0 Å². The summed E-state index contributed by atoms with van der Waals surface area (Å²) >= 11 is 0. The van der Waals surface area contributed by atoms with Gasteiger partial charge in [0.2, 0.25) is 5.91 Å². The Bertz CT molecular complexity index is 339. The first-order valence-electron chi connectivity index (χ1n) is 5.43. The summed E-state index contributed by atoms with van der Waals surface area (Å²) in [7, 11) is 0. The van der Waals surface area contributed by atoms with E-state index in [0.717, 1.165) is 6.42 Å². The molecule has 2 N–H and O–H groups in total. The molecule has 2 aliphatic carbocycles. The van der Waals surface area contributed by atoms with Crippen LogP contribution in [0.15, 0.2) is 12.2 Å². The molecule has 0 unspecified atom stereocenters. The first-order valence-corrected chi connectivity index (χ1v) is 5.43. The van der Waals surface area contributed by atoms with Gasteiger partial charge in [-0.15, -0.1) is 0 Å². The second-order valence-electron chi connectivity index (χ2n) is 4.33. The van der Waals surface area contributed by atoms with E-state index < -0.39 is 17.8 Å². The first kappa shape index (κ1) is 11.1. The average Bonchev–Trinajstić information content (AvgIpc) is 2.84. The number of allylic oxidation sites excluding steroid dienone is 2. The van der Waals surface area contributed by atoms with Crippen molar-refractivity contribution in [3.8, 4) is 0 Å². The fourth-order valence-electron chi connectivity index (χ4n) is 2.80. The van der Waals surface area contributed by atoms with Crippen LogP contribution in [0.5, 0.6) is 0 Å². The Balaban J connectivity index is 2.10. The molecule has 0 saturated heterocycles. The number of rotatable bonds is 4. The lowest BCUT2D eigenvalue weighted by Gasteiger charge is -2.27. The number of carbonyl (C=O) groups is 2. The SMILES string of the molecule is O=C([O-])[C@H]1[C@H](C(=O)NCCO)[C@H]2C=C[C@@H]1C2.